The van der Waals surface area contributed by atoms with E-state index in [0.717, 1.165) is 24.2 Å². The SMILES string of the molecule is CCCC1CCC(NC(=NCc2ncnn2C)NCC)CC1.I. The molecule has 1 saturated carbocycles. The van der Waals surface area contributed by atoms with Crippen LogP contribution < -0.4 is 10.6 Å². The topological polar surface area (TPSA) is 67.1 Å². The molecular weight excluding hydrogens is 403 g/mol. The Balaban J connectivity index is 0.00000264. The number of aromatic nitrogens is 3. The maximum Gasteiger partial charge on any atom is 0.191 e. The summed E-state index contributed by atoms with van der Waals surface area (Å²) in [4.78, 5) is 8.85. The first kappa shape index (κ1) is 20.2. The van der Waals surface area contributed by atoms with Gasteiger partial charge in [0, 0.05) is 19.6 Å². The van der Waals surface area contributed by atoms with Crippen LogP contribution in [-0.4, -0.2) is 33.3 Å². The third-order valence-corrected chi connectivity index (χ3v) is 4.41. The van der Waals surface area contributed by atoms with Crippen LogP contribution in [0, 0.1) is 5.92 Å². The van der Waals surface area contributed by atoms with Gasteiger partial charge in [0.1, 0.15) is 18.7 Å². The van der Waals surface area contributed by atoms with Gasteiger partial charge < -0.3 is 10.6 Å². The molecule has 1 aliphatic rings. The lowest BCUT2D eigenvalue weighted by Gasteiger charge is -2.30. The largest absolute Gasteiger partial charge is 0.357 e. The molecule has 0 spiro atoms. The zero-order valence-corrected chi connectivity index (χ0v) is 16.9. The van der Waals surface area contributed by atoms with Crippen LogP contribution in [0.3, 0.4) is 0 Å². The molecule has 0 aromatic carbocycles. The molecule has 23 heavy (non-hydrogen) atoms. The number of halogens is 1. The third-order valence-electron chi connectivity index (χ3n) is 4.41. The molecule has 1 aromatic heterocycles. The van der Waals surface area contributed by atoms with Crippen LogP contribution in [0.15, 0.2) is 11.3 Å². The molecule has 1 aliphatic carbocycles. The monoisotopic (exact) mass is 434 g/mol. The summed E-state index contributed by atoms with van der Waals surface area (Å²) in [5, 5.41) is 11.0. The van der Waals surface area contributed by atoms with Crippen LogP contribution in [0.5, 0.6) is 0 Å². The predicted molar refractivity (Wildman–Crippen MR) is 105 cm³/mol. The molecule has 1 heterocycles. The van der Waals surface area contributed by atoms with Crippen molar-refractivity contribution in [2.75, 3.05) is 6.54 Å². The third kappa shape index (κ3) is 6.64. The summed E-state index contributed by atoms with van der Waals surface area (Å²) in [6, 6.07) is 0.547. The molecule has 2 N–H and O–H groups in total. The van der Waals surface area contributed by atoms with Crippen molar-refractivity contribution in [2.45, 2.75) is 65.0 Å². The van der Waals surface area contributed by atoms with Gasteiger partial charge in [0.2, 0.25) is 0 Å². The molecule has 0 bridgehead atoms. The zero-order chi connectivity index (χ0) is 15.8. The number of rotatable bonds is 6. The van der Waals surface area contributed by atoms with Gasteiger partial charge in [-0.3, -0.25) is 4.68 Å². The van der Waals surface area contributed by atoms with E-state index in [1.54, 1.807) is 11.0 Å². The van der Waals surface area contributed by atoms with Crippen molar-refractivity contribution in [3.8, 4) is 0 Å². The van der Waals surface area contributed by atoms with E-state index in [2.05, 4.69) is 39.6 Å². The van der Waals surface area contributed by atoms with Crippen molar-refractivity contribution in [3.05, 3.63) is 12.2 Å². The standard InChI is InChI=1S/C16H30N6.HI/c1-4-6-13-7-9-14(10-8-13)21-16(17-5-2)18-11-15-19-12-20-22(15)3;/h12-14H,4-11H2,1-3H3,(H2,17,18,21);1H. The molecule has 0 aliphatic heterocycles. The van der Waals surface area contributed by atoms with E-state index < -0.39 is 0 Å². The highest BCUT2D eigenvalue weighted by Crippen LogP contribution is 2.27. The van der Waals surface area contributed by atoms with Gasteiger partial charge in [-0.15, -0.1) is 24.0 Å². The Kier molecular flexibility index (Phi) is 9.50. The summed E-state index contributed by atoms with van der Waals surface area (Å²) in [5.41, 5.74) is 0. The number of nitrogens with one attached hydrogen (secondary N) is 2. The van der Waals surface area contributed by atoms with Gasteiger partial charge in [0.05, 0.1) is 0 Å². The van der Waals surface area contributed by atoms with Gasteiger partial charge in [-0.25, -0.2) is 9.98 Å². The second kappa shape index (κ2) is 10.8. The molecule has 1 aromatic rings. The Labute approximate surface area is 157 Å². The van der Waals surface area contributed by atoms with E-state index in [0.29, 0.717) is 12.6 Å². The lowest BCUT2D eigenvalue weighted by Crippen LogP contribution is -2.44. The van der Waals surface area contributed by atoms with Crippen LogP contribution in [0.1, 0.15) is 58.2 Å². The first-order valence-corrected chi connectivity index (χ1v) is 8.60. The summed E-state index contributed by atoms with van der Waals surface area (Å²) in [6.07, 6.45) is 9.44. The van der Waals surface area contributed by atoms with E-state index >= 15 is 0 Å². The molecule has 2 rings (SSSR count). The Morgan fingerprint density at radius 1 is 1.30 bits per heavy atom. The fraction of sp³-hybridized carbons (Fsp3) is 0.812. The minimum atomic E-state index is 0. The molecule has 0 atom stereocenters. The van der Waals surface area contributed by atoms with Crippen molar-refractivity contribution in [2.24, 2.45) is 18.0 Å². The van der Waals surface area contributed by atoms with Crippen LogP contribution in [0.25, 0.3) is 0 Å². The first-order valence-electron chi connectivity index (χ1n) is 8.60. The minimum Gasteiger partial charge on any atom is -0.357 e. The van der Waals surface area contributed by atoms with Gasteiger partial charge >= 0.3 is 0 Å². The van der Waals surface area contributed by atoms with Crippen molar-refractivity contribution in [1.82, 2.24) is 25.4 Å². The highest BCUT2D eigenvalue weighted by molar-refractivity contribution is 14.0. The summed E-state index contributed by atoms with van der Waals surface area (Å²) < 4.78 is 1.77. The average molecular weight is 434 g/mol. The minimum absolute atomic E-state index is 0. The van der Waals surface area contributed by atoms with E-state index in [1.807, 2.05) is 7.05 Å². The van der Waals surface area contributed by atoms with Gasteiger partial charge in [-0.05, 0) is 38.5 Å². The van der Waals surface area contributed by atoms with Crippen molar-refractivity contribution < 1.29 is 0 Å². The molecule has 132 valence electrons. The second-order valence-electron chi connectivity index (χ2n) is 6.15. The Morgan fingerprint density at radius 3 is 2.61 bits per heavy atom. The van der Waals surface area contributed by atoms with Gasteiger partial charge in [-0.2, -0.15) is 5.10 Å². The predicted octanol–water partition coefficient (Wildman–Crippen LogP) is 2.85. The molecule has 6 nitrogen and oxygen atoms in total. The van der Waals surface area contributed by atoms with Crippen LogP contribution >= 0.6 is 24.0 Å². The fourth-order valence-electron chi connectivity index (χ4n) is 3.13. The van der Waals surface area contributed by atoms with E-state index in [-0.39, 0.29) is 24.0 Å². The smallest absolute Gasteiger partial charge is 0.191 e. The van der Waals surface area contributed by atoms with Crippen molar-refractivity contribution in [1.29, 1.82) is 0 Å². The van der Waals surface area contributed by atoms with Crippen LogP contribution in [0.4, 0.5) is 0 Å². The van der Waals surface area contributed by atoms with E-state index in [9.17, 15) is 0 Å². The summed E-state index contributed by atoms with van der Waals surface area (Å²) in [5.74, 6) is 2.70. The molecular formula is C16H31IN6. The number of aliphatic imine (C=N–C) groups is 1. The van der Waals surface area contributed by atoms with E-state index in [1.165, 1.54) is 38.5 Å². The Morgan fingerprint density at radius 2 is 2.04 bits per heavy atom. The number of guanidine groups is 1. The highest BCUT2D eigenvalue weighted by Gasteiger charge is 2.21. The molecule has 0 saturated heterocycles. The number of hydrogen-bond donors (Lipinski definition) is 2. The number of hydrogen-bond acceptors (Lipinski definition) is 3. The Hall–Kier alpha value is -0.860. The molecule has 0 unspecified atom stereocenters. The maximum absolute atomic E-state index is 4.64. The average Bonchev–Trinajstić information content (AvgIpc) is 2.92. The normalized spacial score (nSPS) is 21.6. The lowest BCUT2D eigenvalue weighted by molar-refractivity contribution is 0.295. The van der Waals surface area contributed by atoms with Gasteiger partial charge in [0.25, 0.3) is 0 Å². The number of nitrogens with zero attached hydrogens (tertiary/aromatic N) is 4. The van der Waals surface area contributed by atoms with Gasteiger partial charge in [0.15, 0.2) is 5.96 Å². The summed E-state index contributed by atoms with van der Waals surface area (Å²) >= 11 is 0. The summed E-state index contributed by atoms with van der Waals surface area (Å²) in [6.45, 7) is 5.80. The highest BCUT2D eigenvalue weighted by atomic mass is 127. The molecule has 7 heteroatoms. The zero-order valence-electron chi connectivity index (χ0n) is 14.6. The second-order valence-corrected chi connectivity index (χ2v) is 6.15. The van der Waals surface area contributed by atoms with Crippen LogP contribution in [-0.2, 0) is 13.6 Å². The fourth-order valence-corrected chi connectivity index (χ4v) is 3.13. The van der Waals surface area contributed by atoms with E-state index in [4.69, 9.17) is 0 Å². The molecule has 0 amide bonds. The van der Waals surface area contributed by atoms with Gasteiger partial charge in [-0.1, -0.05) is 19.8 Å². The van der Waals surface area contributed by atoms with Crippen molar-refractivity contribution in [3.63, 3.8) is 0 Å². The number of aryl methyl sites for hydroxylation is 1. The van der Waals surface area contributed by atoms with Crippen LogP contribution in [0.2, 0.25) is 0 Å². The first-order chi connectivity index (χ1) is 10.7. The lowest BCUT2D eigenvalue weighted by atomic mass is 9.83. The Bertz CT molecular complexity index is 465. The van der Waals surface area contributed by atoms with Crippen molar-refractivity contribution >= 4 is 29.9 Å². The quantitative estimate of drug-likeness (QED) is 0.411. The molecule has 1 fully saturated rings. The maximum atomic E-state index is 4.64. The summed E-state index contributed by atoms with van der Waals surface area (Å²) in [7, 11) is 1.90. The molecule has 0 radical (unpaired) electrons.